The second kappa shape index (κ2) is 9.90. The second-order valence-electron chi connectivity index (χ2n) is 13.2. The maximum Gasteiger partial charge on any atom is 0.258 e. The van der Waals surface area contributed by atoms with Crippen LogP contribution in [0.3, 0.4) is 0 Å². The molecule has 0 spiro atoms. The number of pyridine rings is 2. The van der Waals surface area contributed by atoms with Crippen LogP contribution in [0.1, 0.15) is 61.3 Å². The van der Waals surface area contributed by atoms with Crippen LogP contribution in [0.5, 0.6) is 0 Å². The Morgan fingerprint density at radius 1 is 1.23 bits per heavy atom. The Morgan fingerprint density at radius 2 is 2.05 bits per heavy atom. The molecule has 0 unspecified atom stereocenters. The van der Waals surface area contributed by atoms with E-state index in [1.807, 2.05) is 12.1 Å². The summed E-state index contributed by atoms with van der Waals surface area (Å²) < 4.78 is 24.3. The fraction of sp³-hybridized carbons (Fsp3) is 0.364. The van der Waals surface area contributed by atoms with Crippen LogP contribution < -0.4 is 27.2 Å². The summed E-state index contributed by atoms with van der Waals surface area (Å²) in [6, 6.07) is 12.5. The van der Waals surface area contributed by atoms with Crippen LogP contribution in [-0.2, 0) is 6.98 Å². The highest BCUT2D eigenvalue weighted by Crippen LogP contribution is 2.60. The largest absolute Gasteiger partial charge is 0.383 e. The van der Waals surface area contributed by atoms with E-state index in [1.54, 1.807) is 24.3 Å². The van der Waals surface area contributed by atoms with Crippen molar-refractivity contribution in [2.75, 3.05) is 17.2 Å². The van der Waals surface area contributed by atoms with Crippen LogP contribution in [0.25, 0.3) is 21.7 Å². The lowest BCUT2D eigenvalue weighted by molar-refractivity contribution is -0.141. The Hall–Kier alpha value is -4.26. The van der Waals surface area contributed by atoms with E-state index in [0.29, 0.717) is 50.2 Å². The van der Waals surface area contributed by atoms with E-state index >= 15 is 0 Å². The van der Waals surface area contributed by atoms with E-state index in [9.17, 15) is 10.1 Å². The number of anilines is 2. The lowest BCUT2D eigenvalue weighted by Crippen LogP contribution is -2.69. The van der Waals surface area contributed by atoms with E-state index in [0.717, 1.165) is 41.0 Å². The number of hydrazine groups is 2. The predicted octanol–water partition coefficient (Wildman–Crippen LogP) is 5.94. The highest BCUT2D eigenvalue weighted by Gasteiger charge is 2.60. The number of benzene rings is 2. The van der Waals surface area contributed by atoms with E-state index in [2.05, 4.69) is 64.6 Å². The van der Waals surface area contributed by atoms with Gasteiger partial charge in [-0.15, -0.1) is 5.53 Å². The molecule has 3 saturated carbocycles. The molecule has 8 rings (SSSR count). The maximum atomic E-state index is 13.4. The number of nitrogens with one attached hydrogen (secondary N) is 4. The summed E-state index contributed by atoms with van der Waals surface area (Å²) in [7, 11) is 0. The van der Waals surface area contributed by atoms with Crippen LogP contribution in [0, 0.1) is 22.7 Å². The van der Waals surface area contributed by atoms with Gasteiger partial charge < -0.3 is 20.6 Å². The van der Waals surface area contributed by atoms with Gasteiger partial charge in [0.2, 0.25) is 0 Å². The molecule has 3 aliphatic carbocycles. The Balaban J connectivity index is 1.36. The van der Waals surface area contributed by atoms with Crippen LogP contribution in [0.4, 0.5) is 11.4 Å². The summed E-state index contributed by atoms with van der Waals surface area (Å²) in [5.74, 6) is 0.791. The number of fused-ring (bicyclic) bond motifs is 2. The fourth-order valence-corrected chi connectivity index (χ4v) is 6.74. The number of rotatable bonds is 7. The van der Waals surface area contributed by atoms with Gasteiger partial charge in [-0.3, -0.25) is 14.8 Å². The molecule has 0 amide bonds. The second-order valence-corrected chi connectivity index (χ2v) is 13.6. The first-order valence-electron chi connectivity index (χ1n) is 16.0. The Bertz CT molecular complexity index is 2010. The standard InChI is InChI=1S/C33H35ClN8O/c1-32(2,3)18-37-28-20(15-35)16-36-29-25(28)10-21(11-26(29)34)38-30(27-17-42(40-39-27)33-12-19(13-33)14-33)23-6-5-7-24-22(23)8-9-41(4)31(24)43/h5-11,16-17,19,30,38-40H,12-14,18H2,1-4H3,(H,36,37)/t19?,30-,33?/m0/s1/i4D3. The zero-order chi connectivity index (χ0) is 32.6. The molecule has 3 fully saturated rings. The van der Waals surface area contributed by atoms with Gasteiger partial charge in [0.05, 0.1) is 39.1 Å². The molecule has 220 valence electrons. The lowest BCUT2D eigenvalue weighted by Gasteiger charge is -2.64. The Labute approximate surface area is 259 Å². The molecule has 2 aromatic heterocycles. The third kappa shape index (κ3) is 4.66. The molecule has 2 aromatic carbocycles. The molecule has 0 saturated heterocycles. The Morgan fingerprint density at radius 3 is 2.74 bits per heavy atom. The first kappa shape index (κ1) is 24.2. The predicted molar refractivity (Wildman–Crippen MR) is 171 cm³/mol. The van der Waals surface area contributed by atoms with Crippen molar-refractivity contribution < 1.29 is 4.11 Å². The molecule has 4 N–H and O–H groups in total. The van der Waals surface area contributed by atoms with Crippen molar-refractivity contribution in [3.8, 4) is 6.07 Å². The van der Waals surface area contributed by atoms with E-state index < -0.39 is 18.6 Å². The molecule has 3 heterocycles. The van der Waals surface area contributed by atoms with Gasteiger partial charge in [0.25, 0.3) is 5.56 Å². The average molecular weight is 598 g/mol. The minimum Gasteiger partial charge on any atom is -0.383 e. The number of nitrogens with zero attached hydrogens (tertiary/aromatic N) is 4. The lowest BCUT2D eigenvalue weighted by atomic mass is 9.49. The van der Waals surface area contributed by atoms with Gasteiger partial charge in [0.15, 0.2) is 0 Å². The van der Waals surface area contributed by atoms with Crippen molar-refractivity contribution in [2.24, 2.45) is 18.3 Å². The SMILES string of the molecule is [2H]C([2H])([2H])n1ccc2c([C@H](Nc3cc(Cl)c4ncc(C#N)c(NCC(C)(C)C)c4c3)C3=CN(C45CC(C4)C5)NN3)cccc2c1=O. The van der Waals surface area contributed by atoms with Gasteiger partial charge in [-0.2, -0.15) is 5.26 Å². The molecule has 43 heavy (non-hydrogen) atoms. The number of nitriles is 1. The highest BCUT2D eigenvalue weighted by atomic mass is 35.5. The first-order valence-corrected chi connectivity index (χ1v) is 14.8. The van der Waals surface area contributed by atoms with Crippen molar-refractivity contribution >= 4 is 44.7 Å². The molecule has 10 heteroatoms. The third-order valence-electron chi connectivity index (χ3n) is 8.86. The van der Waals surface area contributed by atoms with Gasteiger partial charge >= 0.3 is 0 Å². The van der Waals surface area contributed by atoms with Crippen molar-refractivity contribution in [1.82, 2.24) is 25.5 Å². The van der Waals surface area contributed by atoms with E-state index in [1.165, 1.54) is 12.4 Å². The van der Waals surface area contributed by atoms with Crippen LogP contribution >= 0.6 is 11.6 Å². The van der Waals surface area contributed by atoms with Crippen molar-refractivity contribution in [1.29, 1.82) is 5.26 Å². The smallest absolute Gasteiger partial charge is 0.258 e. The molecule has 2 bridgehead atoms. The van der Waals surface area contributed by atoms with Gasteiger partial charge in [0, 0.05) is 52.7 Å². The zero-order valence-corrected chi connectivity index (χ0v) is 25.0. The summed E-state index contributed by atoms with van der Waals surface area (Å²) >= 11 is 6.84. The summed E-state index contributed by atoms with van der Waals surface area (Å²) in [6.07, 6.45) is 8.37. The molecular formula is C33H35ClN8O. The topological polar surface area (TPSA) is 110 Å². The zero-order valence-electron chi connectivity index (χ0n) is 27.3. The minimum atomic E-state index is -2.60. The molecule has 1 aliphatic heterocycles. The number of hydrogen-bond donors (Lipinski definition) is 4. The van der Waals surface area contributed by atoms with Crippen molar-refractivity contribution in [2.45, 2.75) is 51.6 Å². The van der Waals surface area contributed by atoms with E-state index in [-0.39, 0.29) is 11.0 Å². The van der Waals surface area contributed by atoms with Gasteiger partial charge in [-0.25, -0.2) is 0 Å². The summed E-state index contributed by atoms with van der Waals surface area (Å²) in [5, 5.41) is 21.2. The molecule has 0 radical (unpaired) electrons. The van der Waals surface area contributed by atoms with Crippen molar-refractivity contribution in [3.63, 3.8) is 0 Å². The number of aromatic nitrogens is 2. The summed E-state index contributed by atoms with van der Waals surface area (Å²) in [6.45, 7) is 4.37. The Kier molecular flexibility index (Phi) is 5.57. The first-order chi connectivity index (χ1) is 21.8. The maximum absolute atomic E-state index is 13.4. The van der Waals surface area contributed by atoms with Crippen LogP contribution in [0.2, 0.25) is 5.02 Å². The summed E-state index contributed by atoms with van der Waals surface area (Å²) in [4.78, 5) is 17.9. The molecule has 4 aromatic rings. The average Bonchev–Trinajstić information content (AvgIpc) is 3.41. The van der Waals surface area contributed by atoms with Crippen LogP contribution in [0.15, 0.2) is 65.5 Å². The number of aryl methyl sites for hydroxylation is 1. The van der Waals surface area contributed by atoms with Crippen LogP contribution in [-0.4, -0.2) is 26.6 Å². The molecule has 9 nitrogen and oxygen atoms in total. The third-order valence-corrected chi connectivity index (χ3v) is 9.15. The quantitative estimate of drug-likeness (QED) is 0.207. The fourth-order valence-electron chi connectivity index (χ4n) is 6.47. The normalized spacial score (nSPS) is 22.8. The molecule has 4 aliphatic rings. The molecular weight excluding hydrogens is 560 g/mol. The van der Waals surface area contributed by atoms with Gasteiger partial charge in [0.1, 0.15) is 6.07 Å². The number of hydrogen-bond acceptors (Lipinski definition) is 8. The van der Waals surface area contributed by atoms with Crippen molar-refractivity contribution in [3.05, 3.63) is 87.2 Å². The summed E-state index contributed by atoms with van der Waals surface area (Å²) in [5.41, 5.74) is 10.1. The molecule has 1 atom stereocenters. The van der Waals surface area contributed by atoms with E-state index in [4.69, 9.17) is 15.7 Å². The van der Waals surface area contributed by atoms with Gasteiger partial charge in [-0.05, 0) is 65.8 Å². The van der Waals surface area contributed by atoms with Gasteiger partial charge in [-0.1, -0.05) is 44.5 Å². The monoisotopic (exact) mass is 597 g/mol. The number of halogens is 1. The minimum absolute atomic E-state index is 0.0422. The highest BCUT2D eigenvalue weighted by molar-refractivity contribution is 6.35.